The fourth-order valence-corrected chi connectivity index (χ4v) is 5.07. The van der Waals surface area contributed by atoms with Crippen LogP contribution in [0.25, 0.3) is 6.08 Å². The number of nitrogens with zero attached hydrogens (tertiary/aromatic N) is 2. The highest BCUT2D eigenvalue weighted by Crippen LogP contribution is 2.45. The Morgan fingerprint density at radius 2 is 1.70 bits per heavy atom. The molecule has 1 aliphatic carbocycles. The Morgan fingerprint density at radius 3 is 2.39 bits per heavy atom. The molecule has 1 aliphatic heterocycles. The number of hydrogen-bond donors (Lipinski definition) is 0. The summed E-state index contributed by atoms with van der Waals surface area (Å²) in [4.78, 5) is 13.6. The van der Waals surface area contributed by atoms with Gasteiger partial charge in [-0.3, -0.25) is 4.79 Å². The Balaban J connectivity index is 1.58. The van der Waals surface area contributed by atoms with Gasteiger partial charge in [-0.05, 0) is 84.5 Å². The molecule has 0 radical (unpaired) electrons. The average molecular weight is 507 g/mol. The molecule has 3 aromatic rings. The summed E-state index contributed by atoms with van der Waals surface area (Å²) in [6, 6.07) is 19.6. The van der Waals surface area contributed by atoms with Crippen molar-refractivity contribution in [3.8, 4) is 0 Å². The van der Waals surface area contributed by atoms with E-state index in [1.54, 1.807) is 41.4 Å². The summed E-state index contributed by atoms with van der Waals surface area (Å²) in [5.74, 6) is -0.789. The quantitative estimate of drug-likeness (QED) is 0.370. The minimum atomic E-state index is -0.316. The molecule has 0 bridgehead atoms. The first kappa shape index (κ1) is 21.7. The van der Waals surface area contributed by atoms with Gasteiger partial charge in [0.15, 0.2) is 0 Å². The van der Waals surface area contributed by atoms with Gasteiger partial charge in [0.1, 0.15) is 11.6 Å². The van der Waals surface area contributed by atoms with E-state index in [9.17, 15) is 13.6 Å². The first-order chi connectivity index (χ1) is 16.0. The van der Waals surface area contributed by atoms with Gasteiger partial charge in [0.05, 0.1) is 11.8 Å². The van der Waals surface area contributed by atoms with E-state index in [-0.39, 0.29) is 29.5 Å². The highest BCUT2D eigenvalue weighted by Gasteiger charge is 2.43. The lowest BCUT2D eigenvalue weighted by Gasteiger charge is -2.29. The third kappa shape index (κ3) is 4.40. The molecule has 1 heterocycles. The van der Waals surface area contributed by atoms with Gasteiger partial charge in [-0.1, -0.05) is 46.3 Å². The van der Waals surface area contributed by atoms with Crippen LogP contribution >= 0.6 is 15.9 Å². The predicted molar refractivity (Wildman–Crippen MR) is 129 cm³/mol. The van der Waals surface area contributed by atoms with E-state index in [0.29, 0.717) is 5.56 Å². The van der Waals surface area contributed by atoms with E-state index in [1.165, 1.54) is 24.3 Å². The number of fused-ring (bicyclic) bond motifs is 1. The van der Waals surface area contributed by atoms with Crippen LogP contribution in [0.4, 0.5) is 8.78 Å². The van der Waals surface area contributed by atoms with Crippen molar-refractivity contribution in [3.05, 3.63) is 111 Å². The van der Waals surface area contributed by atoms with Crippen LogP contribution in [0.1, 0.15) is 46.8 Å². The molecular formula is C27H21BrF2N2O. The molecule has 0 spiro atoms. The lowest BCUT2D eigenvalue weighted by atomic mass is 9.77. The minimum Gasteiger partial charge on any atom is -0.267 e. The number of carbonyl (C=O) groups excluding carboxylic acids is 1. The van der Waals surface area contributed by atoms with Crippen molar-refractivity contribution >= 4 is 33.6 Å². The first-order valence-corrected chi connectivity index (χ1v) is 11.7. The maximum absolute atomic E-state index is 13.7. The van der Waals surface area contributed by atoms with E-state index in [0.717, 1.165) is 46.1 Å². The van der Waals surface area contributed by atoms with Crippen molar-refractivity contribution in [3.63, 3.8) is 0 Å². The summed E-state index contributed by atoms with van der Waals surface area (Å²) in [7, 11) is 0. The summed E-state index contributed by atoms with van der Waals surface area (Å²) in [5.41, 5.74) is 4.21. The Labute approximate surface area is 199 Å². The van der Waals surface area contributed by atoms with E-state index < -0.39 is 0 Å². The fourth-order valence-electron chi connectivity index (χ4n) is 4.68. The largest absolute Gasteiger partial charge is 0.274 e. The van der Waals surface area contributed by atoms with Crippen LogP contribution in [-0.2, 0) is 0 Å². The van der Waals surface area contributed by atoms with E-state index in [1.807, 2.05) is 18.2 Å². The fraction of sp³-hybridized carbons (Fsp3) is 0.185. The molecule has 0 saturated heterocycles. The Hall–Kier alpha value is -3.12. The van der Waals surface area contributed by atoms with Gasteiger partial charge in [0.2, 0.25) is 0 Å². The summed E-state index contributed by atoms with van der Waals surface area (Å²) in [6.07, 6.45) is 4.69. The number of allylic oxidation sites excluding steroid dienone is 1. The van der Waals surface area contributed by atoms with Crippen LogP contribution in [0.2, 0.25) is 0 Å². The van der Waals surface area contributed by atoms with Gasteiger partial charge in [-0.2, -0.15) is 5.10 Å². The van der Waals surface area contributed by atoms with Crippen LogP contribution < -0.4 is 0 Å². The number of rotatable bonds is 3. The number of carbonyl (C=O) groups is 1. The van der Waals surface area contributed by atoms with Gasteiger partial charge < -0.3 is 0 Å². The molecule has 3 nitrogen and oxygen atoms in total. The average Bonchev–Trinajstić information content (AvgIpc) is 3.21. The third-order valence-electron chi connectivity index (χ3n) is 6.20. The molecule has 166 valence electrons. The van der Waals surface area contributed by atoms with Crippen LogP contribution in [0.3, 0.4) is 0 Å². The van der Waals surface area contributed by atoms with Gasteiger partial charge in [-0.25, -0.2) is 13.8 Å². The number of amides is 1. The standard InChI is InChI=1S/C27H21BrF2N2O/c28-21-5-1-4-20(16-21)27(33)32-26(18-9-13-23(30)14-10-18)24-6-2-3-19(25(24)31-32)15-17-7-11-22(29)12-8-17/h1,4-5,7-16,24,26H,2-3,6H2/b19-15-/t24-,26+/m0/s1. The number of hydrazone groups is 1. The molecule has 0 unspecified atom stereocenters. The molecule has 3 aromatic carbocycles. The van der Waals surface area contributed by atoms with Crippen molar-refractivity contribution in [2.24, 2.45) is 11.0 Å². The zero-order chi connectivity index (χ0) is 22.9. The smallest absolute Gasteiger partial charge is 0.267 e. The second-order valence-corrected chi connectivity index (χ2v) is 9.28. The van der Waals surface area contributed by atoms with Gasteiger partial charge in [0, 0.05) is 16.0 Å². The molecular weight excluding hydrogens is 486 g/mol. The molecule has 33 heavy (non-hydrogen) atoms. The maximum Gasteiger partial charge on any atom is 0.274 e. The van der Waals surface area contributed by atoms with Crippen LogP contribution in [-0.4, -0.2) is 16.6 Å². The summed E-state index contributed by atoms with van der Waals surface area (Å²) >= 11 is 3.44. The molecule has 0 aromatic heterocycles. The number of benzene rings is 3. The zero-order valence-corrected chi connectivity index (χ0v) is 19.3. The van der Waals surface area contributed by atoms with Gasteiger partial charge >= 0.3 is 0 Å². The highest BCUT2D eigenvalue weighted by atomic mass is 79.9. The predicted octanol–water partition coefficient (Wildman–Crippen LogP) is 7.16. The van der Waals surface area contributed by atoms with Crippen LogP contribution in [0.5, 0.6) is 0 Å². The minimum absolute atomic E-state index is 0.00649. The van der Waals surface area contributed by atoms with Crippen molar-refractivity contribution < 1.29 is 13.6 Å². The maximum atomic E-state index is 13.7. The van der Waals surface area contributed by atoms with Gasteiger partial charge in [-0.15, -0.1) is 0 Å². The summed E-state index contributed by atoms with van der Waals surface area (Å²) < 4.78 is 27.8. The first-order valence-electron chi connectivity index (χ1n) is 10.9. The molecule has 5 rings (SSSR count). The molecule has 1 amide bonds. The van der Waals surface area contributed by atoms with Gasteiger partial charge in [0.25, 0.3) is 5.91 Å². The summed E-state index contributed by atoms with van der Waals surface area (Å²) in [5, 5.41) is 6.39. The van der Waals surface area contributed by atoms with Crippen molar-refractivity contribution in [1.29, 1.82) is 0 Å². The lowest BCUT2D eigenvalue weighted by molar-refractivity contribution is 0.0680. The molecule has 6 heteroatoms. The van der Waals surface area contributed by atoms with Crippen molar-refractivity contribution in [1.82, 2.24) is 5.01 Å². The number of halogens is 3. The van der Waals surface area contributed by atoms with E-state index in [2.05, 4.69) is 15.9 Å². The third-order valence-corrected chi connectivity index (χ3v) is 6.70. The molecule has 2 aliphatic rings. The van der Waals surface area contributed by atoms with Crippen LogP contribution in [0, 0.1) is 17.6 Å². The number of hydrogen-bond acceptors (Lipinski definition) is 2. The van der Waals surface area contributed by atoms with Crippen LogP contribution in [0.15, 0.2) is 87.9 Å². The van der Waals surface area contributed by atoms with Crippen molar-refractivity contribution in [2.75, 3.05) is 0 Å². The molecule has 1 fully saturated rings. The molecule has 1 saturated carbocycles. The Kier molecular flexibility index (Phi) is 5.94. The van der Waals surface area contributed by atoms with Crippen molar-refractivity contribution in [2.45, 2.75) is 25.3 Å². The van der Waals surface area contributed by atoms with E-state index >= 15 is 0 Å². The molecule has 0 N–H and O–H groups in total. The Bertz CT molecular complexity index is 1250. The lowest BCUT2D eigenvalue weighted by Crippen LogP contribution is -2.31. The zero-order valence-electron chi connectivity index (χ0n) is 17.7. The molecule has 2 atom stereocenters. The van der Waals surface area contributed by atoms with E-state index in [4.69, 9.17) is 5.10 Å². The second kappa shape index (κ2) is 9.02. The highest BCUT2D eigenvalue weighted by molar-refractivity contribution is 9.10. The normalized spacial score (nSPS) is 21.1. The summed E-state index contributed by atoms with van der Waals surface area (Å²) in [6.45, 7) is 0. The Morgan fingerprint density at radius 1 is 1.00 bits per heavy atom. The second-order valence-electron chi connectivity index (χ2n) is 8.36. The monoisotopic (exact) mass is 506 g/mol. The topological polar surface area (TPSA) is 32.7 Å². The SMILES string of the molecule is O=C(c1cccc(Br)c1)N1N=C2/C(=C\c3ccc(F)cc3)CCC[C@@H]2[C@H]1c1ccc(F)cc1.